The molecule has 1 fully saturated rings. The summed E-state index contributed by atoms with van der Waals surface area (Å²) in [7, 11) is 0. The van der Waals surface area contributed by atoms with Gasteiger partial charge in [-0.25, -0.2) is 4.98 Å². The minimum atomic E-state index is -4.35. The molecule has 5 nitrogen and oxygen atoms in total. The van der Waals surface area contributed by atoms with Crippen molar-refractivity contribution in [2.45, 2.75) is 39.1 Å². The number of likely N-dealkylation sites (tertiary alicyclic amines) is 1. The Morgan fingerprint density at radius 3 is 2.62 bits per heavy atom. The van der Waals surface area contributed by atoms with Gasteiger partial charge in [0.25, 0.3) is 5.91 Å². The molecule has 0 spiro atoms. The third-order valence-corrected chi connectivity index (χ3v) is 5.59. The van der Waals surface area contributed by atoms with Crippen LogP contribution in [0.1, 0.15) is 41.4 Å². The molecule has 1 N–H and O–H groups in total. The lowest BCUT2D eigenvalue weighted by molar-refractivity contribution is -0.176. The van der Waals surface area contributed by atoms with Crippen LogP contribution in [-0.4, -0.2) is 41.7 Å². The zero-order chi connectivity index (χ0) is 20.9. The van der Waals surface area contributed by atoms with E-state index >= 15 is 0 Å². The molecule has 1 aromatic heterocycles. The molecule has 0 atom stereocenters. The number of piperidine rings is 1. The second kappa shape index (κ2) is 9.69. The molecule has 1 saturated heterocycles. The Bertz CT molecular complexity index is 800. The molecule has 0 saturated carbocycles. The monoisotopic (exact) mass is 427 g/mol. The largest absolute Gasteiger partial charge is 0.411 e. The summed E-state index contributed by atoms with van der Waals surface area (Å²) in [5, 5.41) is 5.26. The number of carbonyl (C=O) groups excluding carboxylic acids is 1. The zero-order valence-electron chi connectivity index (χ0n) is 16.2. The van der Waals surface area contributed by atoms with Crippen LogP contribution < -0.4 is 5.32 Å². The van der Waals surface area contributed by atoms with Crippen molar-refractivity contribution in [1.82, 2.24) is 9.88 Å². The summed E-state index contributed by atoms with van der Waals surface area (Å²) in [5.74, 6) is 0.472. The number of anilines is 1. The molecule has 2 heterocycles. The number of nitrogens with one attached hydrogen (secondary N) is 1. The Balaban J connectivity index is 1.48. The van der Waals surface area contributed by atoms with Gasteiger partial charge in [0.2, 0.25) is 0 Å². The van der Waals surface area contributed by atoms with Crippen molar-refractivity contribution in [2.75, 3.05) is 25.0 Å². The van der Waals surface area contributed by atoms with Crippen molar-refractivity contribution >= 4 is 22.4 Å². The first-order valence-corrected chi connectivity index (χ1v) is 10.4. The summed E-state index contributed by atoms with van der Waals surface area (Å²) in [6, 6.07) is 6.28. The summed E-state index contributed by atoms with van der Waals surface area (Å²) in [4.78, 5) is 19.2. The molecule has 2 aromatic rings. The molecular weight excluding hydrogens is 403 g/mol. The number of hydrogen-bond donors (Lipinski definition) is 1. The maximum Gasteiger partial charge on any atom is 0.411 e. The minimum absolute atomic E-state index is 0.160. The van der Waals surface area contributed by atoms with Crippen LogP contribution in [0.2, 0.25) is 0 Å². The number of halogens is 3. The van der Waals surface area contributed by atoms with Gasteiger partial charge >= 0.3 is 6.18 Å². The average molecular weight is 427 g/mol. The summed E-state index contributed by atoms with van der Waals surface area (Å²) in [6.07, 6.45) is -1.95. The number of aromatic nitrogens is 1. The van der Waals surface area contributed by atoms with Gasteiger partial charge in [-0.3, -0.25) is 15.0 Å². The Morgan fingerprint density at radius 2 is 1.97 bits per heavy atom. The van der Waals surface area contributed by atoms with Gasteiger partial charge in [-0.05, 0) is 49.5 Å². The predicted octanol–water partition coefficient (Wildman–Crippen LogP) is 4.71. The number of hydrogen-bond acceptors (Lipinski definition) is 5. The molecule has 0 radical (unpaired) electrons. The molecule has 1 aliphatic rings. The van der Waals surface area contributed by atoms with Crippen molar-refractivity contribution in [3.05, 3.63) is 46.5 Å². The molecule has 1 aromatic carbocycles. The molecular formula is C20H24F3N3O2S. The summed E-state index contributed by atoms with van der Waals surface area (Å²) in [5.41, 5.74) is 1.92. The first kappa shape index (κ1) is 21.7. The van der Waals surface area contributed by atoms with Gasteiger partial charge < -0.3 is 4.74 Å². The quantitative estimate of drug-likeness (QED) is 0.696. The van der Waals surface area contributed by atoms with E-state index in [0.29, 0.717) is 16.3 Å². The summed E-state index contributed by atoms with van der Waals surface area (Å²) >= 11 is 1.38. The molecule has 0 unspecified atom stereocenters. The number of rotatable bonds is 7. The third kappa shape index (κ3) is 7.09. The van der Waals surface area contributed by atoms with E-state index in [9.17, 15) is 18.0 Å². The fourth-order valence-electron chi connectivity index (χ4n) is 3.09. The van der Waals surface area contributed by atoms with Crippen LogP contribution in [-0.2, 0) is 17.9 Å². The number of amides is 1. The SMILES string of the molecule is CC1CCN(Cc2csc(NC(=O)c3ccc(COCC(F)(F)F)cc3)n2)CC1. The van der Waals surface area contributed by atoms with Crippen LogP contribution in [0.25, 0.3) is 0 Å². The average Bonchev–Trinajstić information content (AvgIpc) is 3.10. The highest BCUT2D eigenvalue weighted by Crippen LogP contribution is 2.21. The second-order valence-corrected chi connectivity index (χ2v) is 8.22. The van der Waals surface area contributed by atoms with Gasteiger partial charge in [0.1, 0.15) is 6.61 Å². The highest BCUT2D eigenvalue weighted by Gasteiger charge is 2.27. The number of thiazole rings is 1. The standard InChI is InChI=1S/C20H24F3N3O2S/c1-14-6-8-26(9-7-14)10-17-12-29-19(24-17)25-18(27)16-4-2-15(3-5-16)11-28-13-20(21,22)23/h2-5,12,14H,6-11,13H2,1H3,(H,24,25,27). The normalized spacial score (nSPS) is 16.1. The molecule has 3 rings (SSSR count). The van der Waals surface area contributed by atoms with E-state index in [1.807, 2.05) is 5.38 Å². The van der Waals surface area contributed by atoms with E-state index in [0.717, 1.165) is 31.2 Å². The summed E-state index contributed by atoms with van der Waals surface area (Å²) < 4.78 is 40.9. The molecule has 0 bridgehead atoms. The van der Waals surface area contributed by atoms with Crippen molar-refractivity contribution < 1.29 is 22.7 Å². The lowest BCUT2D eigenvalue weighted by Crippen LogP contribution is -2.32. The maximum atomic E-state index is 12.4. The Kier molecular flexibility index (Phi) is 7.26. The fourth-order valence-corrected chi connectivity index (χ4v) is 3.79. The molecule has 9 heteroatoms. The number of nitrogens with zero attached hydrogens (tertiary/aromatic N) is 2. The van der Waals surface area contributed by atoms with E-state index < -0.39 is 12.8 Å². The Hall–Kier alpha value is -1.97. The molecule has 0 aliphatic carbocycles. The van der Waals surface area contributed by atoms with Gasteiger partial charge in [-0.2, -0.15) is 13.2 Å². The van der Waals surface area contributed by atoms with E-state index in [1.165, 1.54) is 24.2 Å². The number of alkyl halides is 3. The Labute approximate surface area is 171 Å². The molecule has 29 heavy (non-hydrogen) atoms. The lowest BCUT2D eigenvalue weighted by atomic mass is 9.99. The van der Waals surface area contributed by atoms with E-state index in [2.05, 4.69) is 26.9 Å². The topological polar surface area (TPSA) is 54.5 Å². The first-order valence-electron chi connectivity index (χ1n) is 9.50. The van der Waals surface area contributed by atoms with Crippen LogP contribution in [0.15, 0.2) is 29.6 Å². The maximum absolute atomic E-state index is 12.4. The predicted molar refractivity (Wildman–Crippen MR) is 106 cm³/mol. The van der Waals surface area contributed by atoms with Gasteiger partial charge in [0.15, 0.2) is 5.13 Å². The Morgan fingerprint density at radius 1 is 1.28 bits per heavy atom. The van der Waals surface area contributed by atoms with Crippen LogP contribution in [0.5, 0.6) is 0 Å². The van der Waals surface area contributed by atoms with Gasteiger partial charge in [0.05, 0.1) is 12.3 Å². The highest BCUT2D eigenvalue weighted by molar-refractivity contribution is 7.13. The zero-order valence-corrected chi connectivity index (χ0v) is 17.0. The fraction of sp³-hybridized carbons (Fsp3) is 0.500. The molecule has 1 amide bonds. The van der Waals surface area contributed by atoms with Gasteiger partial charge in [-0.15, -0.1) is 11.3 Å². The lowest BCUT2D eigenvalue weighted by Gasteiger charge is -2.29. The van der Waals surface area contributed by atoms with Crippen LogP contribution in [0.4, 0.5) is 18.3 Å². The number of ether oxygens (including phenoxy) is 1. The minimum Gasteiger partial charge on any atom is -0.367 e. The van der Waals surface area contributed by atoms with Crippen molar-refractivity contribution in [3.8, 4) is 0 Å². The number of carbonyl (C=O) groups is 1. The van der Waals surface area contributed by atoms with E-state index in [4.69, 9.17) is 0 Å². The van der Waals surface area contributed by atoms with Gasteiger partial charge in [0, 0.05) is 17.5 Å². The van der Waals surface area contributed by atoms with Crippen molar-refractivity contribution in [1.29, 1.82) is 0 Å². The van der Waals surface area contributed by atoms with E-state index in [-0.39, 0.29) is 12.5 Å². The second-order valence-electron chi connectivity index (χ2n) is 7.36. The van der Waals surface area contributed by atoms with E-state index in [1.54, 1.807) is 24.3 Å². The first-order chi connectivity index (χ1) is 13.8. The van der Waals surface area contributed by atoms with Gasteiger partial charge in [-0.1, -0.05) is 19.1 Å². The van der Waals surface area contributed by atoms with Crippen LogP contribution in [0.3, 0.4) is 0 Å². The van der Waals surface area contributed by atoms with Crippen molar-refractivity contribution in [2.24, 2.45) is 5.92 Å². The smallest absolute Gasteiger partial charge is 0.367 e. The van der Waals surface area contributed by atoms with Crippen LogP contribution >= 0.6 is 11.3 Å². The number of benzene rings is 1. The van der Waals surface area contributed by atoms with Crippen molar-refractivity contribution in [3.63, 3.8) is 0 Å². The highest BCUT2D eigenvalue weighted by atomic mass is 32.1. The van der Waals surface area contributed by atoms with Crippen LogP contribution in [0, 0.1) is 5.92 Å². The molecule has 1 aliphatic heterocycles. The summed E-state index contributed by atoms with van der Waals surface area (Å²) in [6.45, 7) is 3.74. The molecule has 158 valence electrons. The third-order valence-electron chi connectivity index (χ3n) is 4.78.